The van der Waals surface area contributed by atoms with E-state index in [4.69, 9.17) is 4.74 Å². The van der Waals surface area contributed by atoms with Crippen molar-refractivity contribution in [1.29, 1.82) is 0 Å². The first-order valence-corrected chi connectivity index (χ1v) is 8.30. The van der Waals surface area contributed by atoms with Crippen LogP contribution in [0.1, 0.15) is 19.4 Å². The van der Waals surface area contributed by atoms with E-state index in [1.165, 1.54) is 0 Å². The first-order valence-electron chi connectivity index (χ1n) is 7.50. The molecule has 0 bridgehead atoms. The Morgan fingerprint density at radius 3 is 2.48 bits per heavy atom. The summed E-state index contributed by atoms with van der Waals surface area (Å²) >= 11 is 3.42. The van der Waals surface area contributed by atoms with E-state index in [1.807, 2.05) is 63.2 Å². The fourth-order valence-corrected chi connectivity index (χ4v) is 2.57. The second-order valence-corrected chi connectivity index (χ2v) is 6.47. The van der Waals surface area contributed by atoms with Gasteiger partial charge >= 0.3 is 0 Å². The second kappa shape index (κ2) is 8.02. The van der Waals surface area contributed by atoms with Crippen molar-refractivity contribution in [2.24, 2.45) is 0 Å². The highest BCUT2D eigenvalue weighted by atomic mass is 79.9. The number of aryl methyl sites for hydroxylation is 1. The van der Waals surface area contributed by atoms with Gasteiger partial charge in [0.2, 0.25) is 5.91 Å². The van der Waals surface area contributed by atoms with E-state index in [9.17, 15) is 4.79 Å². The van der Waals surface area contributed by atoms with Gasteiger partial charge in [0.05, 0.1) is 12.6 Å². The maximum Gasteiger partial charge on any atom is 0.243 e. The van der Waals surface area contributed by atoms with Gasteiger partial charge in [-0.1, -0.05) is 15.9 Å². The van der Waals surface area contributed by atoms with Crippen LogP contribution in [0.2, 0.25) is 0 Å². The van der Waals surface area contributed by atoms with Gasteiger partial charge in [0.25, 0.3) is 0 Å². The average Bonchev–Trinajstić information content (AvgIpc) is 2.48. The van der Waals surface area contributed by atoms with Gasteiger partial charge in [-0.25, -0.2) is 0 Å². The van der Waals surface area contributed by atoms with Crippen molar-refractivity contribution >= 4 is 33.2 Å². The minimum Gasteiger partial charge on any atom is -0.491 e. The number of benzene rings is 2. The number of carbonyl (C=O) groups excluding carboxylic acids is 1. The molecule has 0 fully saturated rings. The van der Waals surface area contributed by atoms with Gasteiger partial charge in [-0.3, -0.25) is 4.79 Å². The highest BCUT2D eigenvalue weighted by molar-refractivity contribution is 9.10. The average molecular weight is 377 g/mol. The standard InChI is InChI=1S/C18H21BrN2O2/c1-12(2)23-16-7-5-15(6-8-16)21-18(22)11-20-17-9-4-14(19)10-13(17)3/h4-10,12,20H,11H2,1-3H3,(H,21,22). The van der Waals surface area contributed by atoms with Crippen LogP contribution in [0, 0.1) is 6.92 Å². The Kier molecular flexibility index (Phi) is 6.04. The monoisotopic (exact) mass is 376 g/mol. The van der Waals surface area contributed by atoms with Gasteiger partial charge < -0.3 is 15.4 Å². The molecule has 4 nitrogen and oxygen atoms in total. The summed E-state index contributed by atoms with van der Waals surface area (Å²) in [6, 6.07) is 13.3. The fraction of sp³-hybridized carbons (Fsp3) is 0.278. The van der Waals surface area contributed by atoms with Crippen LogP contribution in [0.25, 0.3) is 0 Å². The molecule has 5 heteroatoms. The van der Waals surface area contributed by atoms with Crippen molar-refractivity contribution in [3.05, 3.63) is 52.5 Å². The van der Waals surface area contributed by atoms with Crippen LogP contribution >= 0.6 is 15.9 Å². The first-order chi connectivity index (χ1) is 10.9. The third kappa shape index (κ3) is 5.60. The molecule has 0 saturated heterocycles. The smallest absolute Gasteiger partial charge is 0.243 e. The third-order valence-corrected chi connectivity index (χ3v) is 3.63. The lowest BCUT2D eigenvalue weighted by atomic mass is 10.2. The Bertz CT molecular complexity index is 669. The van der Waals surface area contributed by atoms with Crippen LogP contribution in [0.5, 0.6) is 5.75 Å². The van der Waals surface area contributed by atoms with Crippen LogP contribution in [0.3, 0.4) is 0 Å². The zero-order chi connectivity index (χ0) is 16.8. The van der Waals surface area contributed by atoms with Gasteiger partial charge in [-0.15, -0.1) is 0 Å². The molecule has 0 aliphatic carbocycles. The Morgan fingerprint density at radius 2 is 1.87 bits per heavy atom. The van der Waals surface area contributed by atoms with E-state index in [0.717, 1.165) is 27.2 Å². The maximum absolute atomic E-state index is 12.0. The quantitative estimate of drug-likeness (QED) is 0.774. The molecule has 0 heterocycles. The zero-order valence-corrected chi connectivity index (χ0v) is 15.1. The minimum atomic E-state index is -0.0927. The van der Waals surface area contributed by atoms with Crippen molar-refractivity contribution in [3.63, 3.8) is 0 Å². The number of rotatable bonds is 6. The molecule has 2 aromatic rings. The van der Waals surface area contributed by atoms with Crippen LogP contribution in [0.4, 0.5) is 11.4 Å². The lowest BCUT2D eigenvalue weighted by Gasteiger charge is -2.12. The van der Waals surface area contributed by atoms with E-state index in [2.05, 4.69) is 26.6 Å². The number of carbonyl (C=O) groups is 1. The van der Waals surface area contributed by atoms with Gasteiger partial charge in [0.15, 0.2) is 0 Å². The van der Waals surface area contributed by atoms with Gasteiger partial charge in [0.1, 0.15) is 5.75 Å². The molecule has 2 aromatic carbocycles. The molecule has 0 radical (unpaired) electrons. The summed E-state index contributed by atoms with van der Waals surface area (Å²) in [4.78, 5) is 12.0. The summed E-state index contributed by atoms with van der Waals surface area (Å²) < 4.78 is 6.60. The number of nitrogens with one attached hydrogen (secondary N) is 2. The van der Waals surface area contributed by atoms with E-state index < -0.39 is 0 Å². The second-order valence-electron chi connectivity index (χ2n) is 5.55. The largest absolute Gasteiger partial charge is 0.491 e. The summed E-state index contributed by atoms with van der Waals surface area (Å²) in [6.07, 6.45) is 0.133. The Labute approximate surface area is 145 Å². The Hall–Kier alpha value is -2.01. The molecular formula is C18H21BrN2O2. The van der Waals surface area contributed by atoms with E-state index in [-0.39, 0.29) is 18.6 Å². The van der Waals surface area contributed by atoms with E-state index in [0.29, 0.717) is 0 Å². The van der Waals surface area contributed by atoms with Crippen LogP contribution in [-0.2, 0) is 4.79 Å². The van der Waals surface area contributed by atoms with Crippen LogP contribution < -0.4 is 15.4 Å². The molecule has 1 amide bonds. The molecule has 0 unspecified atom stereocenters. The number of ether oxygens (including phenoxy) is 1. The normalized spacial score (nSPS) is 10.5. The van der Waals surface area contributed by atoms with Crippen LogP contribution in [0.15, 0.2) is 46.9 Å². The Morgan fingerprint density at radius 1 is 1.17 bits per heavy atom. The lowest BCUT2D eigenvalue weighted by molar-refractivity contribution is -0.114. The molecule has 0 aromatic heterocycles. The van der Waals surface area contributed by atoms with Crippen molar-refractivity contribution in [1.82, 2.24) is 0 Å². The first kappa shape index (κ1) is 17.3. The van der Waals surface area contributed by atoms with Crippen molar-refractivity contribution in [3.8, 4) is 5.75 Å². The highest BCUT2D eigenvalue weighted by Gasteiger charge is 2.05. The van der Waals surface area contributed by atoms with Crippen LogP contribution in [-0.4, -0.2) is 18.6 Å². The predicted molar refractivity (Wildman–Crippen MR) is 98.2 cm³/mol. The minimum absolute atomic E-state index is 0.0927. The molecule has 2 N–H and O–H groups in total. The number of amides is 1. The summed E-state index contributed by atoms with van der Waals surface area (Å²) in [7, 11) is 0. The molecule has 0 saturated carbocycles. The number of hydrogen-bond donors (Lipinski definition) is 2. The SMILES string of the molecule is Cc1cc(Br)ccc1NCC(=O)Nc1ccc(OC(C)C)cc1. The summed E-state index contributed by atoms with van der Waals surface area (Å²) in [5.41, 5.74) is 2.78. The maximum atomic E-state index is 12.0. The number of hydrogen-bond acceptors (Lipinski definition) is 3. The summed E-state index contributed by atoms with van der Waals surface area (Å²) in [5, 5.41) is 6.00. The zero-order valence-electron chi connectivity index (χ0n) is 13.5. The van der Waals surface area contributed by atoms with Gasteiger partial charge in [0, 0.05) is 15.8 Å². The fourth-order valence-electron chi connectivity index (χ4n) is 2.10. The molecule has 0 spiro atoms. The van der Waals surface area contributed by atoms with E-state index in [1.54, 1.807) is 0 Å². The molecule has 0 aliphatic heterocycles. The molecule has 0 atom stereocenters. The van der Waals surface area contributed by atoms with Gasteiger partial charge in [-0.2, -0.15) is 0 Å². The molecule has 23 heavy (non-hydrogen) atoms. The summed E-state index contributed by atoms with van der Waals surface area (Å²) in [6.45, 7) is 6.17. The van der Waals surface area contributed by atoms with Crippen molar-refractivity contribution in [2.75, 3.05) is 17.2 Å². The topological polar surface area (TPSA) is 50.4 Å². The van der Waals surface area contributed by atoms with Crippen molar-refractivity contribution < 1.29 is 9.53 Å². The van der Waals surface area contributed by atoms with Crippen molar-refractivity contribution in [2.45, 2.75) is 26.9 Å². The number of halogens is 1. The predicted octanol–water partition coefficient (Wildman–Crippen LogP) is 4.60. The molecule has 122 valence electrons. The van der Waals surface area contributed by atoms with E-state index >= 15 is 0 Å². The Balaban J connectivity index is 1.87. The molecule has 0 aliphatic rings. The lowest BCUT2D eigenvalue weighted by Crippen LogP contribution is -2.22. The third-order valence-electron chi connectivity index (χ3n) is 3.14. The number of anilines is 2. The summed E-state index contributed by atoms with van der Waals surface area (Å²) in [5.74, 6) is 0.700. The molecule has 2 rings (SSSR count). The van der Waals surface area contributed by atoms with Gasteiger partial charge in [-0.05, 0) is 68.8 Å². The highest BCUT2D eigenvalue weighted by Crippen LogP contribution is 2.20. The molecular weight excluding hydrogens is 356 g/mol.